The van der Waals surface area contributed by atoms with E-state index in [1.54, 1.807) is 0 Å². The molecule has 0 aliphatic carbocycles. The van der Waals surface area contributed by atoms with E-state index in [2.05, 4.69) is 66.4 Å². The van der Waals surface area contributed by atoms with E-state index in [0.29, 0.717) is 0 Å². The maximum atomic E-state index is 6.06. The molecule has 0 N–H and O–H groups in total. The Balaban J connectivity index is 1.92. The van der Waals surface area contributed by atoms with Crippen LogP contribution in [-0.2, 0) is 10.2 Å². The van der Waals surface area contributed by atoms with E-state index in [9.17, 15) is 0 Å². The molecule has 1 saturated heterocycles. The predicted molar refractivity (Wildman–Crippen MR) is 76.7 cm³/mol. The number of rotatable bonds is 1. The molecule has 2 aromatic rings. The largest absolute Gasteiger partial charge is 0.357 e. The van der Waals surface area contributed by atoms with Crippen LogP contribution in [0.2, 0.25) is 0 Å². The molecule has 2 aliphatic heterocycles. The third kappa shape index (κ3) is 1.41. The second-order valence-corrected chi connectivity index (χ2v) is 5.61. The van der Waals surface area contributed by atoms with Crippen LogP contribution in [0.15, 0.2) is 54.6 Å². The molecule has 4 rings (SSSR count). The van der Waals surface area contributed by atoms with E-state index in [1.165, 1.54) is 16.9 Å². The summed E-state index contributed by atoms with van der Waals surface area (Å²) in [4.78, 5) is 2.35. The van der Waals surface area contributed by atoms with Crippen molar-refractivity contribution in [1.82, 2.24) is 0 Å². The zero-order chi connectivity index (χ0) is 12.9. The molecule has 96 valence electrons. The van der Waals surface area contributed by atoms with Crippen molar-refractivity contribution in [3.8, 4) is 0 Å². The molecule has 19 heavy (non-hydrogen) atoms. The molecule has 0 spiro atoms. The van der Waals surface area contributed by atoms with E-state index < -0.39 is 0 Å². The molecule has 0 radical (unpaired) electrons. The Morgan fingerprint density at radius 3 is 2.63 bits per heavy atom. The summed E-state index contributed by atoms with van der Waals surface area (Å²) in [6.45, 7) is 3.17. The highest BCUT2D eigenvalue weighted by molar-refractivity contribution is 5.73. The first-order chi connectivity index (χ1) is 9.31. The first-order valence-corrected chi connectivity index (χ1v) is 6.86. The number of hydrogen-bond acceptors (Lipinski definition) is 2. The lowest BCUT2D eigenvalue weighted by atomic mass is 9.82. The molecule has 0 unspecified atom stereocenters. The molecular weight excluding hydrogens is 234 g/mol. The average molecular weight is 251 g/mol. The molecule has 2 nitrogen and oxygen atoms in total. The van der Waals surface area contributed by atoms with Crippen molar-refractivity contribution in [3.05, 3.63) is 60.2 Å². The van der Waals surface area contributed by atoms with Crippen molar-refractivity contribution in [2.24, 2.45) is 0 Å². The molecule has 0 amide bonds. The summed E-state index contributed by atoms with van der Waals surface area (Å²) in [7, 11) is 0. The van der Waals surface area contributed by atoms with Crippen molar-refractivity contribution in [2.45, 2.75) is 25.0 Å². The zero-order valence-corrected chi connectivity index (χ0v) is 11.0. The molecule has 0 saturated carbocycles. The smallest absolute Gasteiger partial charge is 0.144 e. The van der Waals surface area contributed by atoms with Gasteiger partial charge in [0, 0.05) is 16.8 Å². The van der Waals surface area contributed by atoms with Crippen molar-refractivity contribution in [1.29, 1.82) is 0 Å². The second kappa shape index (κ2) is 3.84. The predicted octanol–water partition coefficient (Wildman–Crippen LogP) is 3.84. The summed E-state index contributed by atoms with van der Waals surface area (Å²) < 4.78 is 6.06. The van der Waals surface area contributed by atoms with Crippen molar-refractivity contribution >= 4 is 11.4 Å². The standard InChI is InChI=1S/C17H17NO/c1-17-11-12-19-16(17)18(13-7-3-2-4-8-13)15-10-6-5-9-14(15)17/h2-10,16H,11-12H2,1H3/t16-,17+/m1/s1. The highest BCUT2D eigenvalue weighted by Gasteiger charge is 2.52. The summed E-state index contributed by atoms with van der Waals surface area (Å²) in [6, 6.07) is 19.2. The lowest BCUT2D eigenvalue weighted by molar-refractivity contribution is 0.0961. The van der Waals surface area contributed by atoms with Crippen LogP contribution in [0.5, 0.6) is 0 Å². The minimum Gasteiger partial charge on any atom is -0.357 e. The number of benzene rings is 2. The Morgan fingerprint density at radius 1 is 1.05 bits per heavy atom. The highest BCUT2D eigenvalue weighted by Crippen LogP contribution is 2.53. The lowest BCUT2D eigenvalue weighted by Crippen LogP contribution is -2.37. The van der Waals surface area contributed by atoms with Crippen LogP contribution in [0.3, 0.4) is 0 Å². The van der Waals surface area contributed by atoms with Crippen LogP contribution in [-0.4, -0.2) is 12.8 Å². The lowest BCUT2D eigenvalue weighted by Gasteiger charge is -2.29. The van der Waals surface area contributed by atoms with Gasteiger partial charge in [0.25, 0.3) is 0 Å². The van der Waals surface area contributed by atoms with Gasteiger partial charge in [-0.15, -0.1) is 0 Å². The van der Waals surface area contributed by atoms with Crippen LogP contribution < -0.4 is 4.90 Å². The first kappa shape index (κ1) is 11.1. The van der Waals surface area contributed by atoms with Gasteiger partial charge < -0.3 is 9.64 Å². The summed E-state index contributed by atoms with van der Waals surface area (Å²) in [6.07, 6.45) is 1.23. The van der Waals surface area contributed by atoms with Gasteiger partial charge in [-0.1, -0.05) is 43.3 Å². The summed E-state index contributed by atoms with van der Waals surface area (Å²) in [5.41, 5.74) is 4.04. The van der Waals surface area contributed by atoms with Crippen molar-refractivity contribution < 1.29 is 4.74 Å². The number of hydrogen-bond donors (Lipinski definition) is 0. The summed E-state index contributed by atoms with van der Waals surface area (Å²) in [5.74, 6) is 0. The van der Waals surface area contributed by atoms with Crippen LogP contribution in [0.1, 0.15) is 18.9 Å². The number of fused-ring (bicyclic) bond motifs is 3. The third-order valence-electron chi connectivity index (χ3n) is 4.49. The van der Waals surface area contributed by atoms with E-state index in [4.69, 9.17) is 4.74 Å². The average Bonchev–Trinajstić information content (AvgIpc) is 2.94. The Bertz CT molecular complexity index is 610. The zero-order valence-electron chi connectivity index (χ0n) is 11.0. The molecule has 2 aliphatic rings. The third-order valence-corrected chi connectivity index (χ3v) is 4.49. The molecule has 1 fully saturated rings. The van der Waals surface area contributed by atoms with Gasteiger partial charge in [-0.05, 0) is 30.2 Å². The number of ether oxygens (including phenoxy) is 1. The molecule has 2 heteroatoms. The van der Waals surface area contributed by atoms with Gasteiger partial charge in [-0.25, -0.2) is 0 Å². The molecule has 0 bridgehead atoms. The van der Waals surface area contributed by atoms with E-state index >= 15 is 0 Å². The quantitative estimate of drug-likeness (QED) is 0.763. The van der Waals surface area contributed by atoms with Crippen LogP contribution in [0.25, 0.3) is 0 Å². The van der Waals surface area contributed by atoms with E-state index in [0.717, 1.165) is 13.0 Å². The Hall–Kier alpha value is -1.80. The van der Waals surface area contributed by atoms with Crippen molar-refractivity contribution in [3.63, 3.8) is 0 Å². The molecule has 2 heterocycles. The normalized spacial score (nSPS) is 28.3. The van der Waals surface area contributed by atoms with Gasteiger partial charge in [0.05, 0.1) is 6.61 Å². The Kier molecular flexibility index (Phi) is 2.24. The topological polar surface area (TPSA) is 12.5 Å². The van der Waals surface area contributed by atoms with E-state index in [1.807, 2.05) is 0 Å². The van der Waals surface area contributed by atoms with Gasteiger partial charge in [0.1, 0.15) is 6.23 Å². The monoisotopic (exact) mass is 251 g/mol. The van der Waals surface area contributed by atoms with Gasteiger partial charge in [0.2, 0.25) is 0 Å². The first-order valence-electron chi connectivity index (χ1n) is 6.86. The van der Waals surface area contributed by atoms with Gasteiger partial charge >= 0.3 is 0 Å². The maximum Gasteiger partial charge on any atom is 0.144 e. The van der Waals surface area contributed by atoms with Gasteiger partial charge in [-0.2, -0.15) is 0 Å². The summed E-state index contributed by atoms with van der Waals surface area (Å²) in [5, 5.41) is 0. The number of anilines is 2. The molecule has 0 aromatic heterocycles. The molecular formula is C17H17NO. The number of nitrogens with zero attached hydrogens (tertiary/aromatic N) is 1. The van der Waals surface area contributed by atoms with Crippen molar-refractivity contribution in [2.75, 3.05) is 11.5 Å². The fourth-order valence-corrected chi connectivity index (χ4v) is 3.47. The fourth-order valence-electron chi connectivity index (χ4n) is 3.47. The van der Waals surface area contributed by atoms with Gasteiger partial charge in [-0.3, -0.25) is 0 Å². The maximum absolute atomic E-state index is 6.06. The van der Waals surface area contributed by atoms with Crippen LogP contribution in [0, 0.1) is 0 Å². The van der Waals surface area contributed by atoms with E-state index in [-0.39, 0.29) is 11.6 Å². The van der Waals surface area contributed by atoms with Gasteiger partial charge in [0.15, 0.2) is 0 Å². The fraction of sp³-hybridized carbons (Fsp3) is 0.294. The molecule has 2 aromatic carbocycles. The highest BCUT2D eigenvalue weighted by atomic mass is 16.5. The Labute approximate surface area is 113 Å². The molecule has 2 atom stereocenters. The second-order valence-electron chi connectivity index (χ2n) is 5.61. The summed E-state index contributed by atoms with van der Waals surface area (Å²) >= 11 is 0. The SMILES string of the molecule is C[C@@]12CCO[C@H]1N(c1ccccc1)c1ccccc12. The number of para-hydroxylation sites is 2. The Morgan fingerprint density at radius 2 is 1.79 bits per heavy atom. The van der Waals surface area contributed by atoms with Crippen LogP contribution >= 0.6 is 0 Å². The van der Waals surface area contributed by atoms with Crippen LogP contribution in [0.4, 0.5) is 11.4 Å². The minimum absolute atomic E-state index is 0.117. The minimum atomic E-state index is 0.117.